The van der Waals surface area contributed by atoms with Crippen molar-refractivity contribution in [1.29, 1.82) is 0 Å². The molecule has 1 heterocycles. The average Bonchev–Trinajstić information content (AvgIpc) is 2.78. The van der Waals surface area contributed by atoms with Gasteiger partial charge < -0.3 is 10.5 Å². The van der Waals surface area contributed by atoms with Gasteiger partial charge in [0.25, 0.3) is 5.56 Å². The molecule has 0 radical (unpaired) electrons. The van der Waals surface area contributed by atoms with Gasteiger partial charge in [-0.3, -0.25) is 9.89 Å². The minimum atomic E-state index is -0.0198. The van der Waals surface area contributed by atoms with E-state index in [0.29, 0.717) is 13.0 Å². The normalized spacial score (nSPS) is 10.6. The zero-order valence-electron chi connectivity index (χ0n) is 10.3. The summed E-state index contributed by atoms with van der Waals surface area (Å²) < 4.78 is 6.60. The zero-order chi connectivity index (χ0) is 13.0. The van der Waals surface area contributed by atoms with Crippen LogP contribution in [0, 0.1) is 0 Å². The van der Waals surface area contributed by atoms with E-state index in [0.717, 1.165) is 23.4 Å². The molecule has 1 aromatic carbocycles. The minimum absolute atomic E-state index is 0.0198. The van der Waals surface area contributed by atoms with Crippen molar-refractivity contribution in [2.24, 2.45) is 5.73 Å². The van der Waals surface area contributed by atoms with Crippen LogP contribution in [0.4, 0.5) is 0 Å². The van der Waals surface area contributed by atoms with Gasteiger partial charge >= 0.3 is 0 Å². The van der Waals surface area contributed by atoms with Gasteiger partial charge in [-0.15, -0.1) is 0 Å². The Hall–Kier alpha value is -2.01. The van der Waals surface area contributed by atoms with E-state index in [9.17, 15) is 4.79 Å². The maximum Gasteiger partial charge on any atom is 0.274 e. The van der Waals surface area contributed by atoms with E-state index in [1.54, 1.807) is 13.3 Å². The molecule has 0 aliphatic rings. The van der Waals surface area contributed by atoms with Crippen molar-refractivity contribution in [3.05, 3.63) is 46.4 Å². The van der Waals surface area contributed by atoms with Crippen LogP contribution in [0.3, 0.4) is 0 Å². The first kappa shape index (κ1) is 12.4. The molecule has 0 spiro atoms. The first-order valence-electron chi connectivity index (χ1n) is 5.90. The molecule has 2 rings (SSSR count). The number of nitrogens with zero attached hydrogens (tertiary/aromatic N) is 1. The van der Waals surface area contributed by atoms with Gasteiger partial charge in [-0.2, -0.15) is 0 Å². The van der Waals surface area contributed by atoms with Gasteiger partial charge in [-0.25, -0.2) is 4.68 Å². The molecule has 3 N–H and O–H groups in total. The summed E-state index contributed by atoms with van der Waals surface area (Å²) in [7, 11) is 1.61. The fraction of sp³-hybridized carbons (Fsp3) is 0.308. The highest BCUT2D eigenvalue weighted by molar-refractivity contribution is 5.37. The molecule has 0 saturated carbocycles. The summed E-state index contributed by atoms with van der Waals surface area (Å²) in [6.07, 6.45) is 3.26. The van der Waals surface area contributed by atoms with Gasteiger partial charge in [0.15, 0.2) is 0 Å². The molecule has 18 heavy (non-hydrogen) atoms. The van der Waals surface area contributed by atoms with Crippen LogP contribution in [0.25, 0.3) is 5.69 Å². The van der Waals surface area contributed by atoms with Crippen LogP contribution in [0.5, 0.6) is 5.75 Å². The molecule has 2 aromatic rings. The predicted molar refractivity (Wildman–Crippen MR) is 70.3 cm³/mol. The summed E-state index contributed by atoms with van der Waals surface area (Å²) >= 11 is 0. The van der Waals surface area contributed by atoms with E-state index >= 15 is 0 Å². The summed E-state index contributed by atoms with van der Waals surface area (Å²) in [6.45, 7) is 0.590. The van der Waals surface area contributed by atoms with E-state index in [-0.39, 0.29) is 5.56 Å². The van der Waals surface area contributed by atoms with E-state index in [1.807, 2.05) is 24.3 Å². The molecule has 0 aliphatic heterocycles. The van der Waals surface area contributed by atoms with Crippen LogP contribution in [-0.4, -0.2) is 23.4 Å². The Morgan fingerprint density at radius 2 is 2.06 bits per heavy atom. The van der Waals surface area contributed by atoms with Gasteiger partial charge in [-0.05, 0) is 43.7 Å². The van der Waals surface area contributed by atoms with Crippen molar-refractivity contribution in [2.75, 3.05) is 13.7 Å². The molecule has 0 fully saturated rings. The Kier molecular flexibility index (Phi) is 3.84. The lowest BCUT2D eigenvalue weighted by Crippen LogP contribution is -2.17. The number of nitrogens with one attached hydrogen (secondary N) is 1. The van der Waals surface area contributed by atoms with Crippen LogP contribution in [-0.2, 0) is 6.42 Å². The van der Waals surface area contributed by atoms with E-state index in [2.05, 4.69) is 5.10 Å². The number of aromatic nitrogens is 2. The van der Waals surface area contributed by atoms with Gasteiger partial charge in [-0.1, -0.05) is 0 Å². The number of methoxy groups -OCH3 is 1. The number of hydrogen-bond donors (Lipinski definition) is 2. The summed E-state index contributed by atoms with van der Waals surface area (Å²) in [4.78, 5) is 12.1. The van der Waals surface area contributed by atoms with Crippen molar-refractivity contribution in [3.8, 4) is 11.4 Å². The first-order valence-corrected chi connectivity index (χ1v) is 5.90. The van der Waals surface area contributed by atoms with E-state index in [1.165, 1.54) is 4.68 Å². The first-order chi connectivity index (χ1) is 8.76. The summed E-state index contributed by atoms with van der Waals surface area (Å²) in [5.41, 5.74) is 6.98. The number of H-pyrrole nitrogens is 1. The maximum atomic E-state index is 12.1. The molecular weight excluding hydrogens is 230 g/mol. The highest BCUT2D eigenvalue weighted by atomic mass is 16.5. The van der Waals surface area contributed by atoms with Gasteiger partial charge in [0, 0.05) is 11.8 Å². The molecule has 5 heteroatoms. The van der Waals surface area contributed by atoms with Crippen molar-refractivity contribution in [2.45, 2.75) is 12.8 Å². The van der Waals surface area contributed by atoms with Crippen molar-refractivity contribution >= 4 is 0 Å². The molecule has 0 saturated heterocycles. The molecule has 0 amide bonds. The number of aromatic amines is 1. The average molecular weight is 247 g/mol. The second kappa shape index (κ2) is 5.55. The molecule has 5 nitrogen and oxygen atoms in total. The van der Waals surface area contributed by atoms with Gasteiger partial charge in [0.05, 0.1) is 12.8 Å². The quantitative estimate of drug-likeness (QED) is 0.830. The topological polar surface area (TPSA) is 73.0 Å². The molecule has 0 atom stereocenters. The second-order valence-electron chi connectivity index (χ2n) is 4.03. The number of rotatable bonds is 5. The van der Waals surface area contributed by atoms with Crippen LogP contribution < -0.4 is 16.0 Å². The summed E-state index contributed by atoms with van der Waals surface area (Å²) in [5.74, 6) is 0.765. The van der Waals surface area contributed by atoms with Crippen LogP contribution in [0.15, 0.2) is 35.3 Å². The fourth-order valence-corrected chi connectivity index (χ4v) is 1.80. The molecular formula is C13H17N3O2. The Bertz CT molecular complexity index is 554. The third-order valence-electron chi connectivity index (χ3n) is 2.83. The lowest BCUT2D eigenvalue weighted by Gasteiger charge is -2.03. The van der Waals surface area contributed by atoms with E-state index < -0.39 is 0 Å². The highest BCUT2D eigenvalue weighted by Crippen LogP contribution is 2.13. The number of aryl methyl sites for hydroxylation is 1. The fourth-order valence-electron chi connectivity index (χ4n) is 1.80. The zero-order valence-corrected chi connectivity index (χ0v) is 10.3. The summed E-state index contributed by atoms with van der Waals surface area (Å²) in [6, 6.07) is 7.32. The Balaban J connectivity index is 2.27. The van der Waals surface area contributed by atoms with Gasteiger partial charge in [0.2, 0.25) is 0 Å². The summed E-state index contributed by atoms with van der Waals surface area (Å²) in [5, 5.41) is 2.96. The number of nitrogens with two attached hydrogens (primary N) is 1. The molecule has 96 valence electrons. The Morgan fingerprint density at radius 3 is 2.67 bits per heavy atom. The third-order valence-corrected chi connectivity index (χ3v) is 2.83. The molecule has 0 unspecified atom stereocenters. The number of benzene rings is 1. The minimum Gasteiger partial charge on any atom is -0.497 e. The third kappa shape index (κ3) is 2.46. The monoisotopic (exact) mass is 247 g/mol. The highest BCUT2D eigenvalue weighted by Gasteiger charge is 2.07. The van der Waals surface area contributed by atoms with Crippen molar-refractivity contribution < 1.29 is 4.74 Å². The van der Waals surface area contributed by atoms with Crippen LogP contribution in [0.1, 0.15) is 12.0 Å². The standard InChI is InChI=1S/C13H17N3O2/c1-18-12-6-4-11(5-7-12)16-13(17)10(9-15-16)3-2-8-14/h4-7,9,15H,2-3,8,14H2,1H3. The maximum absolute atomic E-state index is 12.1. The predicted octanol–water partition coefficient (Wildman–Crippen LogP) is 1.07. The lowest BCUT2D eigenvalue weighted by atomic mass is 10.2. The number of hydrogen-bond acceptors (Lipinski definition) is 3. The van der Waals surface area contributed by atoms with Crippen LogP contribution >= 0.6 is 0 Å². The molecule has 0 bridgehead atoms. The second-order valence-corrected chi connectivity index (χ2v) is 4.03. The van der Waals surface area contributed by atoms with Crippen molar-refractivity contribution in [1.82, 2.24) is 9.78 Å². The largest absolute Gasteiger partial charge is 0.497 e. The lowest BCUT2D eigenvalue weighted by molar-refractivity contribution is 0.414. The SMILES string of the molecule is COc1ccc(-n2[nH]cc(CCCN)c2=O)cc1. The number of ether oxygens (including phenoxy) is 1. The van der Waals surface area contributed by atoms with E-state index in [4.69, 9.17) is 10.5 Å². The van der Waals surface area contributed by atoms with Crippen molar-refractivity contribution in [3.63, 3.8) is 0 Å². The van der Waals surface area contributed by atoms with Gasteiger partial charge in [0.1, 0.15) is 5.75 Å². The van der Waals surface area contributed by atoms with Crippen LogP contribution in [0.2, 0.25) is 0 Å². The molecule has 1 aromatic heterocycles. The smallest absolute Gasteiger partial charge is 0.274 e. The molecule has 0 aliphatic carbocycles. The Morgan fingerprint density at radius 1 is 1.33 bits per heavy atom. The Labute approximate surface area is 105 Å².